The average molecular weight is 289 g/mol. The van der Waals surface area contributed by atoms with Gasteiger partial charge in [-0.25, -0.2) is 4.98 Å². The lowest BCUT2D eigenvalue weighted by molar-refractivity contribution is -0.118. The second kappa shape index (κ2) is 7.75. The van der Waals surface area contributed by atoms with Crippen LogP contribution in [0, 0.1) is 6.92 Å². The molecule has 0 atom stereocenters. The summed E-state index contributed by atoms with van der Waals surface area (Å²) in [5, 5.41) is 2.91. The number of aromatic nitrogens is 2. The fourth-order valence-corrected chi connectivity index (χ4v) is 2.68. The van der Waals surface area contributed by atoms with E-state index in [1.807, 2.05) is 0 Å². The highest BCUT2D eigenvalue weighted by molar-refractivity contribution is 7.99. The van der Waals surface area contributed by atoms with Crippen molar-refractivity contribution in [1.82, 2.24) is 15.3 Å². The number of nitrogens with zero attached hydrogens (tertiary/aromatic N) is 1. The molecule has 0 spiro atoms. The van der Waals surface area contributed by atoms with Gasteiger partial charge in [-0.05, 0) is 12.5 Å². The van der Waals surface area contributed by atoms with Crippen molar-refractivity contribution in [1.29, 1.82) is 0 Å². The van der Waals surface area contributed by atoms with Gasteiger partial charge >= 0.3 is 0 Å². The van der Waals surface area contributed by atoms with E-state index in [1.54, 1.807) is 24.3 Å². The molecule has 2 N–H and O–H groups in total. The largest absolute Gasteiger partial charge is 0.355 e. The normalized spacial score (nSPS) is 10.4. The van der Waals surface area contributed by atoms with Gasteiger partial charge in [0, 0.05) is 30.6 Å². The molecular weight excluding hydrogens is 270 g/mol. The van der Waals surface area contributed by atoms with Crippen molar-refractivity contribution in [3.05, 3.63) is 53.6 Å². The molecule has 0 aliphatic rings. The number of amides is 1. The zero-order chi connectivity index (χ0) is 14.2. The molecule has 106 valence electrons. The first kappa shape index (κ1) is 14.7. The highest BCUT2D eigenvalue weighted by atomic mass is 32.2. The molecule has 2 aromatic rings. The molecule has 1 amide bonds. The third-order valence-electron chi connectivity index (χ3n) is 2.86. The molecule has 5 heteroatoms. The van der Waals surface area contributed by atoms with Crippen LogP contribution in [0.2, 0.25) is 0 Å². The van der Waals surface area contributed by atoms with E-state index in [0.717, 1.165) is 17.9 Å². The lowest BCUT2D eigenvalue weighted by Gasteiger charge is -2.05. The maximum Gasteiger partial charge on any atom is 0.230 e. The summed E-state index contributed by atoms with van der Waals surface area (Å²) in [6.07, 6.45) is 4.21. The van der Waals surface area contributed by atoms with Crippen LogP contribution in [-0.2, 0) is 17.0 Å². The van der Waals surface area contributed by atoms with Crippen LogP contribution in [0.4, 0.5) is 0 Å². The number of carbonyl (C=O) groups is 1. The molecule has 2 rings (SSSR count). The van der Waals surface area contributed by atoms with Gasteiger partial charge in [-0.15, -0.1) is 11.8 Å². The Balaban J connectivity index is 1.60. The first-order valence-electron chi connectivity index (χ1n) is 6.61. The summed E-state index contributed by atoms with van der Waals surface area (Å²) >= 11 is 1.64. The monoisotopic (exact) mass is 289 g/mol. The van der Waals surface area contributed by atoms with E-state index in [-0.39, 0.29) is 5.91 Å². The minimum Gasteiger partial charge on any atom is -0.355 e. The number of benzene rings is 1. The van der Waals surface area contributed by atoms with Gasteiger partial charge < -0.3 is 10.3 Å². The summed E-state index contributed by atoms with van der Waals surface area (Å²) in [4.78, 5) is 18.6. The summed E-state index contributed by atoms with van der Waals surface area (Å²) < 4.78 is 0. The van der Waals surface area contributed by atoms with Crippen LogP contribution in [0.3, 0.4) is 0 Å². The number of aromatic amines is 1. The van der Waals surface area contributed by atoms with Gasteiger partial charge in [0.1, 0.15) is 0 Å². The van der Waals surface area contributed by atoms with Crippen LogP contribution in [0.1, 0.15) is 16.8 Å². The first-order valence-corrected chi connectivity index (χ1v) is 7.77. The maximum absolute atomic E-state index is 11.7. The van der Waals surface area contributed by atoms with Gasteiger partial charge in [0.05, 0.1) is 12.1 Å². The van der Waals surface area contributed by atoms with Crippen LogP contribution in [-0.4, -0.2) is 28.2 Å². The fraction of sp³-hybridized carbons (Fsp3) is 0.333. The quantitative estimate of drug-likeness (QED) is 0.822. The Morgan fingerprint density at radius 2 is 2.35 bits per heavy atom. The second-order valence-corrected chi connectivity index (χ2v) is 5.64. The Morgan fingerprint density at radius 3 is 3.10 bits per heavy atom. The Labute approximate surface area is 123 Å². The third kappa shape index (κ3) is 5.09. The number of hydrogen-bond acceptors (Lipinski definition) is 3. The Kier molecular flexibility index (Phi) is 5.68. The van der Waals surface area contributed by atoms with Crippen molar-refractivity contribution in [2.45, 2.75) is 19.1 Å². The van der Waals surface area contributed by atoms with Crippen LogP contribution >= 0.6 is 11.8 Å². The van der Waals surface area contributed by atoms with Gasteiger partial charge in [-0.3, -0.25) is 4.79 Å². The molecule has 1 aromatic carbocycles. The smallest absolute Gasteiger partial charge is 0.230 e. The number of hydrogen-bond donors (Lipinski definition) is 2. The van der Waals surface area contributed by atoms with Gasteiger partial charge in [0.2, 0.25) is 5.91 Å². The molecular formula is C15H19N3OS. The Morgan fingerprint density at radius 1 is 1.45 bits per heavy atom. The number of H-pyrrole nitrogens is 1. The van der Waals surface area contributed by atoms with Crippen LogP contribution < -0.4 is 5.32 Å². The SMILES string of the molecule is Cc1cccc(CSCC(=O)NCCc2cnc[nH]2)c1. The number of thioether (sulfide) groups is 1. The van der Waals surface area contributed by atoms with Crippen molar-refractivity contribution in [3.63, 3.8) is 0 Å². The number of imidazole rings is 1. The molecule has 0 radical (unpaired) electrons. The van der Waals surface area contributed by atoms with E-state index in [1.165, 1.54) is 11.1 Å². The van der Waals surface area contributed by atoms with E-state index in [0.29, 0.717) is 12.3 Å². The lowest BCUT2D eigenvalue weighted by atomic mass is 10.2. The molecule has 0 saturated heterocycles. The van der Waals surface area contributed by atoms with Crippen LogP contribution in [0.25, 0.3) is 0 Å². The molecule has 0 aliphatic heterocycles. The molecule has 0 aliphatic carbocycles. The molecule has 1 aromatic heterocycles. The minimum absolute atomic E-state index is 0.0853. The first-order chi connectivity index (χ1) is 9.74. The van der Waals surface area contributed by atoms with Gasteiger partial charge in [0.15, 0.2) is 0 Å². The van der Waals surface area contributed by atoms with E-state index < -0.39 is 0 Å². The Hall–Kier alpha value is -1.75. The van der Waals surface area contributed by atoms with Crippen molar-refractivity contribution >= 4 is 17.7 Å². The zero-order valence-corrected chi connectivity index (χ0v) is 12.4. The van der Waals surface area contributed by atoms with E-state index in [2.05, 4.69) is 46.5 Å². The summed E-state index contributed by atoms with van der Waals surface area (Å²) in [7, 11) is 0. The fourth-order valence-electron chi connectivity index (χ4n) is 1.87. The minimum atomic E-state index is 0.0853. The average Bonchev–Trinajstić information content (AvgIpc) is 2.92. The van der Waals surface area contributed by atoms with Crippen LogP contribution in [0.15, 0.2) is 36.8 Å². The topological polar surface area (TPSA) is 57.8 Å². The molecule has 0 bridgehead atoms. The van der Waals surface area contributed by atoms with Gasteiger partial charge in [0.25, 0.3) is 0 Å². The predicted molar refractivity (Wildman–Crippen MR) is 82.6 cm³/mol. The van der Waals surface area contributed by atoms with Gasteiger partial charge in [-0.1, -0.05) is 29.8 Å². The standard InChI is InChI=1S/C15H19N3OS/c1-12-3-2-4-13(7-12)9-20-10-15(19)17-6-5-14-8-16-11-18-14/h2-4,7-8,11H,5-6,9-10H2,1H3,(H,16,18)(H,17,19). The predicted octanol–water partition coefficient (Wildman–Crippen LogP) is 2.31. The molecule has 20 heavy (non-hydrogen) atoms. The number of rotatable bonds is 7. The maximum atomic E-state index is 11.7. The molecule has 0 saturated carbocycles. The van der Waals surface area contributed by atoms with E-state index in [9.17, 15) is 4.79 Å². The molecule has 0 fully saturated rings. The molecule has 0 unspecified atom stereocenters. The summed E-state index contributed by atoms with van der Waals surface area (Å²) in [5.41, 5.74) is 3.56. The zero-order valence-electron chi connectivity index (χ0n) is 11.6. The van der Waals surface area contributed by atoms with Crippen LogP contribution in [0.5, 0.6) is 0 Å². The molecule has 4 nitrogen and oxygen atoms in total. The molecule has 1 heterocycles. The van der Waals surface area contributed by atoms with Crippen molar-refractivity contribution in [2.24, 2.45) is 0 Å². The number of nitrogens with one attached hydrogen (secondary N) is 2. The van der Waals surface area contributed by atoms with Crippen molar-refractivity contribution in [3.8, 4) is 0 Å². The summed E-state index contributed by atoms with van der Waals surface area (Å²) in [5.74, 6) is 1.45. The second-order valence-electron chi connectivity index (χ2n) is 4.66. The van der Waals surface area contributed by atoms with Crippen molar-refractivity contribution < 1.29 is 4.79 Å². The van der Waals surface area contributed by atoms with Gasteiger partial charge in [-0.2, -0.15) is 0 Å². The highest BCUT2D eigenvalue weighted by Crippen LogP contribution is 2.13. The summed E-state index contributed by atoms with van der Waals surface area (Å²) in [6, 6.07) is 8.38. The third-order valence-corrected chi connectivity index (χ3v) is 3.86. The Bertz CT molecular complexity index is 540. The van der Waals surface area contributed by atoms with E-state index in [4.69, 9.17) is 0 Å². The van der Waals surface area contributed by atoms with E-state index >= 15 is 0 Å². The highest BCUT2D eigenvalue weighted by Gasteiger charge is 2.02. The number of aryl methyl sites for hydroxylation is 1. The van der Waals surface area contributed by atoms with Crippen molar-refractivity contribution in [2.75, 3.05) is 12.3 Å². The summed E-state index contributed by atoms with van der Waals surface area (Å²) in [6.45, 7) is 2.72. The lowest BCUT2D eigenvalue weighted by Crippen LogP contribution is -2.27. The number of carbonyl (C=O) groups excluding carboxylic acids is 1.